The highest BCUT2D eigenvalue weighted by molar-refractivity contribution is 7.92. The third-order valence-electron chi connectivity index (χ3n) is 3.58. The maximum absolute atomic E-state index is 11.6. The first-order valence-corrected chi connectivity index (χ1v) is 8.38. The first-order valence-electron chi connectivity index (χ1n) is 6.67. The molecule has 0 amide bonds. The van der Waals surface area contributed by atoms with Crippen LogP contribution in [0.2, 0.25) is 0 Å². The molecule has 0 aromatic heterocycles. The Morgan fingerprint density at radius 1 is 1.32 bits per heavy atom. The van der Waals surface area contributed by atoms with E-state index in [2.05, 4.69) is 5.32 Å². The van der Waals surface area contributed by atoms with Crippen molar-refractivity contribution < 1.29 is 13.2 Å². The Balaban J connectivity index is 1.72. The predicted molar refractivity (Wildman–Crippen MR) is 76.4 cm³/mol. The van der Waals surface area contributed by atoms with Crippen molar-refractivity contribution in [3.05, 3.63) is 29.8 Å². The predicted octanol–water partition coefficient (Wildman–Crippen LogP) is 1.40. The molecule has 1 aromatic rings. The number of benzene rings is 1. The van der Waals surface area contributed by atoms with E-state index >= 15 is 0 Å². The largest absolute Gasteiger partial charge is 0.497 e. The summed E-state index contributed by atoms with van der Waals surface area (Å²) in [4.78, 5) is 0. The van der Waals surface area contributed by atoms with E-state index in [1.165, 1.54) is 5.56 Å². The Kier molecular flexibility index (Phi) is 4.82. The zero-order valence-electron chi connectivity index (χ0n) is 11.3. The lowest BCUT2D eigenvalue weighted by Gasteiger charge is -2.10. The van der Waals surface area contributed by atoms with Gasteiger partial charge in [-0.1, -0.05) is 12.1 Å². The summed E-state index contributed by atoms with van der Waals surface area (Å²) >= 11 is 0. The molecule has 106 valence electrons. The van der Waals surface area contributed by atoms with Crippen molar-refractivity contribution in [2.45, 2.75) is 24.5 Å². The molecule has 1 aliphatic heterocycles. The number of hydrogen-bond donors (Lipinski definition) is 1. The van der Waals surface area contributed by atoms with E-state index < -0.39 is 9.84 Å². The van der Waals surface area contributed by atoms with Crippen LogP contribution in [0.25, 0.3) is 0 Å². The van der Waals surface area contributed by atoms with E-state index in [9.17, 15) is 8.42 Å². The van der Waals surface area contributed by atoms with Crippen molar-refractivity contribution in [2.75, 3.05) is 26.0 Å². The lowest BCUT2D eigenvalue weighted by Crippen LogP contribution is -2.31. The molecular formula is C14H21NO3S. The topological polar surface area (TPSA) is 55.4 Å². The summed E-state index contributed by atoms with van der Waals surface area (Å²) < 4.78 is 28.4. The van der Waals surface area contributed by atoms with Gasteiger partial charge in [0.2, 0.25) is 0 Å². The molecule has 1 atom stereocenters. The normalized spacial score (nSPS) is 21.4. The Bertz CT molecular complexity index is 496. The van der Waals surface area contributed by atoms with Crippen molar-refractivity contribution in [2.24, 2.45) is 0 Å². The molecule has 1 heterocycles. The van der Waals surface area contributed by atoms with Gasteiger partial charge in [-0.15, -0.1) is 0 Å². The maximum atomic E-state index is 11.6. The summed E-state index contributed by atoms with van der Waals surface area (Å²) in [5.74, 6) is 1.21. The third kappa shape index (κ3) is 3.94. The molecule has 1 aromatic carbocycles. The first-order chi connectivity index (χ1) is 9.12. The lowest BCUT2D eigenvalue weighted by molar-refractivity contribution is 0.414. The minimum atomic E-state index is -2.82. The van der Waals surface area contributed by atoms with E-state index in [0.717, 1.165) is 31.6 Å². The lowest BCUT2D eigenvalue weighted by atomic mass is 10.1. The van der Waals surface area contributed by atoms with Gasteiger partial charge in [-0.3, -0.25) is 0 Å². The standard InChI is InChI=1S/C14H21NO3S/c1-18-13-6-4-12(5-7-13)8-9-15-11-14-3-2-10-19(14,16)17/h4-7,14-15H,2-3,8-11H2,1H3. The van der Waals surface area contributed by atoms with Gasteiger partial charge >= 0.3 is 0 Å². The molecule has 2 rings (SSSR count). The second-order valence-corrected chi connectivity index (χ2v) is 7.33. The molecule has 0 spiro atoms. The van der Waals surface area contributed by atoms with Crippen LogP contribution >= 0.6 is 0 Å². The Hall–Kier alpha value is -1.07. The van der Waals surface area contributed by atoms with Gasteiger partial charge in [0.05, 0.1) is 18.1 Å². The van der Waals surface area contributed by atoms with Crippen molar-refractivity contribution in [3.8, 4) is 5.75 Å². The van der Waals surface area contributed by atoms with Crippen LogP contribution in [-0.4, -0.2) is 39.6 Å². The summed E-state index contributed by atoms with van der Waals surface area (Å²) in [7, 11) is -1.17. The summed E-state index contributed by atoms with van der Waals surface area (Å²) in [6, 6.07) is 7.95. The van der Waals surface area contributed by atoms with E-state index in [4.69, 9.17) is 4.74 Å². The van der Waals surface area contributed by atoms with Crippen LogP contribution in [0.15, 0.2) is 24.3 Å². The van der Waals surface area contributed by atoms with Crippen LogP contribution in [0, 0.1) is 0 Å². The molecule has 1 aliphatic rings. The zero-order chi connectivity index (χ0) is 13.7. The second-order valence-electron chi connectivity index (χ2n) is 4.93. The highest BCUT2D eigenvalue weighted by Gasteiger charge is 2.30. The average molecular weight is 283 g/mol. The van der Waals surface area contributed by atoms with Gasteiger partial charge in [0.1, 0.15) is 5.75 Å². The van der Waals surface area contributed by atoms with E-state index in [-0.39, 0.29) is 5.25 Å². The summed E-state index contributed by atoms with van der Waals surface area (Å²) in [6.45, 7) is 1.39. The fourth-order valence-electron chi connectivity index (χ4n) is 2.38. The quantitative estimate of drug-likeness (QED) is 0.802. The van der Waals surface area contributed by atoms with Gasteiger partial charge in [-0.05, 0) is 43.5 Å². The molecule has 0 saturated carbocycles. The second kappa shape index (κ2) is 6.39. The Labute approximate surface area is 115 Å². The maximum Gasteiger partial charge on any atom is 0.154 e. The van der Waals surface area contributed by atoms with Crippen LogP contribution in [0.3, 0.4) is 0 Å². The summed E-state index contributed by atoms with van der Waals surface area (Å²) in [5.41, 5.74) is 1.22. The third-order valence-corrected chi connectivity index (χ3v) is 5.86. The number of rotatable bonds is 6. The van der Waals surface area contributed by atoms with Gasteiger partial charge in [-0.25, -0.2) is 8.42 Å². The highest BCUT2D eigenvalue weighted by Crippen LogP contribution is 2.19. The molecule has 4 nitrogen and oxygen atoms in total. The SMILES string of the molecule is COc1ccc(CCNCC2CCCS2(=O)=O)cc1. The molecule has 1 N–H and O–H groups in total. The number of sulfone groups is 1. The Morgan fingerprint density at radius 2 is 2.05 bits per heavy atom. The molecule has 1 saturated heterocycles. The minimum absolute atomic E-state index is 0.177. The van der Waals surface area contributed by atoms with Crippen LogP contribution < -0.4 is 10.1 Å². The molecule has 0 aliphatic carbocycles. The summed E-state index contributed by atoms with van der Waals surface area (Å²) in [6.07, 6.45) is 2.52. The van der Waals surface area contributed by atoms with Crippen molar-refractivity contribution in [1.82, 2.24) is 5.32 Å². The molecule has 19 heavy (non-hydrogen) atoms. The first kappa shape index (κ1) is 14.3. The number of methoxy groups -OCH3 is 1. The molecule has 1 fully saturated rings. The summed E-state index contributed by atoms with van der Waals surface area (Å²) in [5, 5.41) is 3.07. The highest BCUT2D eigenvalue weighted by atomic mass is 32.2. The van der Waals surface area contributed by atoms with Crippen LogP contribution in [-0.2, 0) is 16.3 Å². The Morgan fingerprint density at radius 3 is 2.63 bits per heavy atom. The van der Waals surface area contributed by atoms with E-state index in [0.29, 0.717) is 12.3 Å². The number of ether oxygens (including phenoxy) is 1. The van der Waals surface area contributed by atoms with E-state index in [1.54, 1.807) is 7.11 Å². The van der Waals surface area contributed by atoms with Crippen LogP contribution in [0.4, 0.5) is 0 Å². The van der Waals surface area contributed by atoms with Crippen molar-refractivity contribution in [3.63, 3.8) is 0 Å². The van der Waals surface area contributed by atoms with Crippen molar-refractivity contribution >= 4 is 9.84 Å². The number of hydrogen-bond acceptors (Lipinski definition) is 4. The molecule has 0 bridgehead atoms. The average Bonchev–Trinajstić information content (AvgIpc) is 2.74. The smallest absolute Gasteiger partial charge is 0.154 e. The molecule has 1 unspecified atom stereocenters. The van der Waals surface area contributed by atoms with E-state index in [1.807, 2.05) is 24.3 Å². The number of nitrogens with one attached hydrogen (secondary N) is 1. The van der Waals surface area contributed by atoms with Gasteiger partial charge < -0.3 is 10.1 Å². The molecule has 5 heteroatoms. The van der Waals surface area contributed by atoms with Gasteiger partial charge in [0.15, 0.2) is 9.84 Å². The molecule has 0 radical (unpaired) electrons. The zero-order valence-corrected chi connectivity index (χ0v) is 12.1. The van der Waals surface area contributed by atoms with Crippen molar-refractivity contribution in [1.29, 1.82) is 0 Å². The fourth-order valence-corrected chi connectivity index (χ4v) is 4.18. The van der Waals surface area contributed by atoms with Gasteiger partial charge in [-0.2, -0.15) is 0 Å². The monoisotopic (exact) mass is 283 g/mol. The van der Waals surface area contributed by atoms with Crippen LogP contribution in [0.1, 0.15) is 18.4 Å². The van der Waals surface area contributed by atoms with Gasteiger partial charge in [0.25, 0.3) is 0 Å². The minimum Gasteiger partial charge on any atom is -0.497 e. The molecular weight excluding hydrogens is 262 g/mol. The fraction of sp³-hybridized carbons (Fsp3) is 0.571. The van der Waals surface area contributed by atoms with Gasteiger partial charge in [0, 0.05) is 6.54 Å². The van der Waals surface area contributed by atoms with Crippen LogP contribution in [0.5, 0.6) is 5.75 Å².